The molecule has 0 radical (unpaired) electrons. The molecule has 5 nitrogen and oxygen atoms in total. The van der Waals surface area contributed by atoms with Crippen LogP contribution in [0.4, 0.5) is 26.3 Å². The summed E-state index contributed by atoms with van der Waals surface area (Å²) in [7, 11) is 0. The summed E-state index contributed by atoms with van der Waals surface area (Å²) in [6, 6.07) is 6.14. The van der Waals surface area contributed by atoms with Crippen LogP contribution in [0.2, 0.25) is 0 Å². The van der Waals surface area contributed by atoms with Gasteiger partial charge in [-0.1, -0.05) is 13.0 Å². The van der Waals surface area contributed by atoms with Crippen molar-refractivity contribution in [2.75, 3.05) is 0 Å². The maximum atomic E-state index is 13.3. The first kappa shape index (κ1) is 25.1. The number of benzene rings is 2. The van der Waals surface area contributed by atoms with Gasteiger partial charge in [-0.05, 0) is 67.3 Å². The van der Waals surface area contributed by atoms with Crippen molar-refractivity contribution in [3.8, 4) is 11.6 Å². The second-order valence-electron chi connectivity index (χ2n) is 7.82. The Hall–Kier alpha value is -3.50. The van der Waals surface area contributed by atoms with Crippen LogP contribution in [0.1, 0.15) is 40.3 Å². The molecule has 0 spiro atoms. The van der Waals surface area contributed by atoms with E-state index in [0.29, 0.717) is 12.1 Å². The molecule has 0 fully saturated rings. The first-order chi connectivity index (χ1) is 15.7. The van der Waals surface area contributed by atoms with Crippen molar-refractivity contribution in [3.05, 3.63) is 90.6 Å². The van der Waals surface area contributed by atoms with E-state index < -0.39 is 46.8 Å². The zero-order valence-electron chi connectivity index (χ0n) is 18.3. The summed E-state index contributed by atoms with van der Waals surface area (Å²) in [4.78, 5) is 27.0. The minimum Gasteiger partial charge on any atom is -0.440 e. The van der Waals surface area contributed by atoms with E-state index in [4.69, 9.17) is 4.74 Å². The molecule has 0 aliphatic heterocycles. The zero-order valence-corrected chi connectivity index (χ0v) is 18.3. The van der Waals surface area contributed by atoms with Gasteiger partial charge in [-0.15, -0.1) is 0 Å². The summed E-state index contributed by atoms with van der Waals surface area (Å²) < 4.78 is 86.2. The SMILES string of the molecule is CCc1c(Oc2cc(C)cc(C)c2)n(Cc2cc(C(F)(F)F)cc(C(F)(F)F)c2)c(=O)[nH]c1=O. The number of alkyl halides is 6. The van der Waals surface area contributed by atoms with Gasteiger partial charge in [0.15, 0.2) is 0 Å². The molecule has 0 unspecified atom stereocenters. The van der Waals surface area contributed by atoms with Gasteiger partial charge in [0.2, 0.25) is 5.88 Å². The highest BCUT2D eigenvalue weighted by molar-refractivity contribution is 5.38. The highest BCUT2D eigenvalue weighted by Gasteiger charge is 2.37. The Morgan fingerprint density at radius 3 is 1.85 bits per heavy atom. The molecule has 1 N–H and O–H groups in total. The quantitative estimate of drug-likeness (QED) is 0.478. The molecule has 34 heavy (non-hydrogen) atoms. The first-order valence-electron chi connectivity index (χ1n) is 10.1. The third-order valence-corrected chi connectivity index (χ3v) is 4.99. The number of aromatic amines is 1. The van der Waals surface area contributed by atoms with Crippen LogP contribution in [0.5, 0.6) is 11.6 Å². The number of ether oxygens (including phenoxy) is 1. The molecule has 1 aromatic heterocycles. The monoisotopic (exact) mass is 486 g/mol. The van der Waals surface area contributed by atoms with Gasteiger partial charge in [0, 0.05) is 0 Å². The van der Waals surface area contributed by atoms with E-state index in [1.807, 2.05) is 11.1 Å². The number of rotatable bonds is 5. The van der Waals surface area contributed by atoms with E-state index in [0.717, 1.165) is 15.7 Å². The van der Waals surface area contributed by atoms with Crippen molar-refractivity contribution in [3.63, 3.8) is 0 Å². The minimum absolute atomic E-state index is 0.00352. The Bertz CT molecular complexity index is 1280. The van der Waals surface area contributed by atoms with Gasteiger partial charge < -0.3 is 4.74 Å². The summed E-state index contributed by atoms with van der Waals surface area (Å²) in [6.07, 6.45) is -10.00. The molecule has 1 heterocycles. The molecule has 11 heteroatoms. The largest absolute Gasteiger partial charge is 0.440 e. The van der Waals surface area contributed by atoms with Gasteiger partial charge in [0.25, 0.3) is 5.56 Å². The highest BCUT2D eigenvalue weighted by atomic mass is 19.4. The minimum atomic E-state index is -5.04. The lowest BCUT2D eigenvalue weighted by molar-refractivity contribution is -0.143. The molecule has 0 saturated carbocycles. The topological polar surface area (TPSA) is 64.1 Å². The number of aryl methyl sites for hydroxylation is 2. The fraction of sp³-hybridized carbons (Fsp3) is 0.304. The lowest BCUT2D eigenvalue weighted by Gasteiger charge is -2.18. The number of hydrogen-bond donors (Lipinski definition) is 1. The molecule has 0 aliphatic carbocycles. The molecule has 0 atom stereocenters. The molecule has 2 aromatic carbocycles. The Morgan fingerprint density at radius 2 is 1.38 bits per heavy atom. The van der Waals surface area contributed by atoms with Crippen LogP contribution in [0.3, 0.4) is 0 Å². The molecule has 0 amide bonds. The standard InChI is InChI=1S/C23H20F6N2O3/c1-4-18-19(32)30-21(33)31(20(18)34-17-6-12(2)5-13(3)7-17)11-14-8-15(22(24,25)26)10-16(9-14)23(27,28)29/h5-10H,4,11H2,1-3H3,(H,30,32,33). The summed E-state index contributed by atoms with van der Waals surface area (Å²) in [5, 5.41) is 0. The van der Waals surface area contributed by atoms with Crippen LogP contribution in [0, 0.1) is 13.8 Å². The van der Waals surface area contributed by atoms with Crippen LogP contribution in [0.15, 0.2) is 46.0 Å². The van der Waals surface area contributed by atoms with Gasteiger partial charge in [-0.3, -0.25) is 14.3 Å². The molecular formula is C23H20F6N2O3. The molecule has 3 rings (SSSR count). The van der Waals surface area contributed by atoms with E-state index >= 15 is 0 Å². The van der Waals surface area contributed by atoms with Crippen molar-refractivity contribution in [2.45, 2.75) is 46.1 Å². The van der Waals surface area contributed by atoms with Gasteiger partial charge in [0.05, 0.1) is 23.2 Å². The number of nitrogens with zero attached hydrogens (tertiary/aromatic N) is 1. The number of hydrogen-bond acceptors (Lipinski definition) is 3. The smallest absolute Gasteiger partial charge is 0.416 e. The zero-order chi connectivity index (χ0) is 25.4. The van der Waals surface area contributed by atoms with Gasteiger partial charge >= 0.3 is 18.0 Å². The molecule has 182 valence electrons. The predicted octanol–water partition coefficient (Wildman–Crippen LogP) is 5.59. The lowest BCUT2D eigenvalue weighted by Crippen LogP contribution is -2.33. The fourth-order valence-electron chi connectivity index (χ4n) is 3.56. The summed E-state index contributed by atoms with van der Waals surface area (Å²) in [6.45, 7) is 4.47. The predicted molar refractivity (Wildman–Crippen MR) is 112 cm³/mol. The maximum absolute atomic E-state index is 13.3. The second kappa shape index (κ2) is 9.03. The number of halogens is 6. The lowest BCUT2D eigenvalue weighted by atomic mass is 10.0. The molecule has 0 aliphatic rings. The van der Waals surface area contributed by atoms with Crippen molar-refractivity contribution < 1.29 is 31.1 Å². The van der Waals surface area contributed by atoms with Crippen LogP contribution in [-0.4, -0.2) is 9.55 Å². The van der Waals surface area contributed by atoms with Gasteiger partial charge in [0.1, 0.15) is 5.75 Å². The normalized spacial score (nSPS) is 12.1. The van der Waals surface area contributed by atoms with Gasteiger partial charge in [-0.25, -0.2) is 4.79 Å². The summed E-state index contributed by atoms with van der Waals surface area (Å²) in [5.74, 6) is -0.00167. The highest BCUT2D eigenvalue weighted by Crippen LogP contribution is 2.36. The number of H-pyrrole nitrogens is 1. The van der Waals surface area contributed by atoms with E-state index in [2.05, 4.69) is 0 Å². The summed E-state index contributed by atoms with van der Waals surface area (Å²) in [5.41, 5.74) is -3.63. The molecule has 0 bridgehead atoms. The second-order valence-corrected chi connectivity index (χ2v) is 7.82. The summed E-state index contributed by atoms with van der Waals surface area (Å²) >= 11 is 0. The van der Waals surface area contributed by atoms with Crippen LogP contribution >= 0.6 is 0 Å². The van der Waals surface area contributed by atoms with Crippen molar-refractivity contribution in [2.24, 2.45) is 0 Å². The van der Waals surface area contributed by atoms with Gasteiger partial charge in [-0.2, -0.15) is 26.3 Å². The van der Waals surface area contributed by atoms with Crippen LogP contribution in [0.25, 0.3) is 0 Å². The van der Waals surface area contributed by atoms with E-state index in [1.165, 1.54) is 0 Å². The average Bonchev–Trinajstić information content (AvgIpc) is 2.68. The molecule has 0 saturated heterocycles. The Kier molecular flexibility index (Phi) is 6.68. The fourth-order valence-corrected chi connectivity index (χ4v) is 3.56. The third kappa shape index (κ3) is 5.52. The Morgan fingerprint density at radius 1 is 0.853 bits per heavy atom. The Labute approximate surface area is 189 Å². The van der Waals surface area contributed by atoms with E-state index in [1.54, 1.807) is 32.9 Å². The van der Waals surface area contributed by atoms with Crippen molar-refractivity contribution >= 4 is 0 Å². The average molecular weight is 486 g/mol. The van der Waals surface area contributed by atoms with Crippen molar-refractivity contribution in [1.82, 2.24) is 9.55 Å². The Balaban J connectivity index is 2.21. The molecular weight excluding hydrogens is 466 g/mol. The first-order valence-corrected chi connectivity index (χ1v) is 10.1. The van der Waals surface area contributed by atoms with Crippen molar-refractivity contribution in [1.29, 1.82) is 0 Å². The van der Waals surface area contributed by atoms with Crippen LogP contribution in [-0.2, 0) is 25.3 Å². The van der Waals surface area contributed by atoms with Crippen LogP contribution < -0.4 is 16.0 Å². The maximum Gasteiger partial charge on any atom is 0.416 e. The number of nitrogens with one attached hydrogen (secondary N) is 1. The van der Waals surface area contributed by atoms with E-state index in [-0.39, 0.29) is 29.7 Å². The van der Waals surface area contributed by atoms with E-state index in [9.17, 15) is 35.9 Å². The number of aromatic nitrogens is 2. The third-order valence-electron chi connectivity index (χ3n) is 4.99. The molecule has 3 aromatic rings.